The number of para-hydroxylation sites is 3. The molecule has 3 aliphatic heterocycles. The fraction of sp³-hybridized carbons (Fsp3) is 0.200. The molecular formula is C30H23ClN4O5. The summed E-state index contributed by atoms with van der Waals surface area (Å²) in [6.45, 7) is 0. The summed E-state index contributed by atoms with van der Waals surface area (Å²) in [5.74, 6) is -4.13. The maximum atomic E-state index is 14.3. The predicted molar refractivity (Wildman–Crippen MR) is 148 cm³/mol. The van der Waals surface area contributed by atoms with E-state index in [1.54, 1.807) is 30.3 Å². The lowest BCUT2D eigenvalue weighted by molar-refractivity contribution is -0.130. The fourth-order valence-corrected chi connectivity index (χ4v) is 6.92. The normalized spacial score (nSPS) is 25.0. The third-order valence-corrected chi connectivity index (χ3v) is 8.68. The van der Waals surface area contributed by atoms with Crippen molar-refractivity contribution < 1.29 is 23.9 Å². The molecule has 4 heterocycles. The van der Waals surface area contributed by atoms with Gasteiger partial charge < -0.3 is 15.0 Å². The summed E-state index contributed by atoms with van der Waals surface area (Å²) in [6.07, 6.45) is 2.26. The van der Waals surface area contributed by atoms with E-state index < -0.39 is 47.1 Å². The van der Waals surface area contributed by atoms with Crippen molar-refractivity contribution in [3.63, 3.8) is 0 Å². The number of anilines is 2. The summed E-state index contributed by atoms with van der Waals surface area (Å²) in [5, 5.41) is 7.62. The number of carbonyl (C=O) groups excluding carboxylic acids is 4. The third-order valence-electron chi connectivity index (χ3n) is 8.36. The van der Waals surface area contributed by atoms with E-state index in [9.17, 15) is 19.2 Å². The van der Waals surface area contributed by atoms with Crippen molar-refractivity contribution in [1.82, 2.24) is 10.3 Å². The van der Waals surface area contributed by atoms with E-state index >= 15 is 0 Å². The molecule has 2 saturated heterocycles. The Morgan fingerprint density at radius 1 is 1.00 bits per heavy atom. The molecule has 0 saturated carbocycles. The molecule has 1 spiro atoms. The largest absolute Gasteiger partial charge is 0.465 e. The standard InChI is InChI=1S/C30H23ClN4O5/c1-40-28(38)17-8-3-5-12-22(17)35-26(36)23-21(13-15-14-32-20-11-4-2-7-16(15)20)34-30(24(23)27(35)37)18-9-6-10-19(31)25(18)33-29(30)39/h2-12,14,21,23-24,32,34H,13H2,1H3,(H,33,39)/t21-,23+,24-,30+/m0/s1. The first-order chi connectivity index (χ1) is 19.4. The van der Waals surface area contributed by atoms with Gasteiger partial charge in [-0.3, -0.25) is 19.7 Å². The second kappa shape index (κ2) is 8.77. The number of carbonyl (C=O) groups is 4. The van der Waals surface area contributed by atoms with E-state index in [-0.39, 0.29) is 11.3 Å². The molecule has 3 aliphatic rings. The van der Waals surface area contributed by atoms with Gasteiger partial charge in [0.05, 0.1) is 40.9 Å². The van der Waals surface area contributed by atoms with Crippen LogP contribution in [-0.4, -0.2) is 41.8 Å². The summed E-state index contributed by atoms with van der Waals surface area (Å²) in [7, 11) is 1.24. The van der Waals surface area contributed by atoms with Crippen LogP contribution in [0.5, 0.6) is 0 Å². The fourth-order valence-electron chi connectivity index (χ4n) is 6.69. The molecule has 40 heavy (non-hydrogen) atoms. The Morgan fingerprint density at radius 2 is 1.77 bits per heavy atom. The van der Waals surface area contributed by atoms with Gasteiger partial charge in [0.25, 0.3) is 0 Å². The smallest absolute Gasteiger partial charge is 0.339 e. The van der Waals surface area contributed by atoms with Crippen LogP contribution in [0.25, 0.3) is 10.9 Å². The Kier molecular flexibility index (Phi) is 5.39. The second-order valence-electron chi connectivity index (χ2n) is 10.3. The average Bonchev–Trinajstić information content (AvgIpc) is 3.68. The molecule has 0 bridgehead atoms. The maximum Gasteiger partial charge on any atom is 0.339 e. The number of amides is 3. The topological polar surface area (TPSA) is 121 Å². The lowest BCUT2D eigenvalue weighted by Crippen LogP contribution is -2.53. The van der Waals surface area contributed by atoms with Crippen molar-refractivity contribution in [3.05, 3.63) is 94.6 Å². The minimum atomic E-state index is -1.52. The van der Waals surface area contributed by atoms with E-state index in [4.69, 9.17) is 16.3 Å². The van der Waals surface area contributed by atoms with Gasteiger partial charge in [0.2, 0.25) is 17.7 Å². The van der Waals surface area contributed by atoms with Gasteiger partial charge in [-0.2, -0.15) is 0 Å². The molecule has 4 aromatic rings. The van der Waals surface area contributed by atoms with Crippen molar-refractivity contribution in [2.75, 3.05) is 17.3 Å². The number of aromatic amines is 1. The van der Waals surface area contributed by atoms with Crippen LogP contribution >= 0.6 is 11.6 Å². The summed E-state index contributed by atoms with van der Waals surface area (Å²) in [6, 6.07) is 18.7. The molecule has 0 aliphatic carbocycles. The van der Waals surface area contributed by atoms with Crippen molar-refractivity contribution in [1.29, 1.82) is 0 Å². The molecule has 10 heteroatoms. The van der Waals surface area contributed by atoms with Crippen molar-refractivity contribution in [3.8, 4) is 0 Å². The van der Waals surface area contributed by atoms with Crippen molar-refractivity contribution in [2.45, 2.75) is 18.0 Å². The first kappa shape index (κ1) is 24.6. The SMILES string of the molecule is COC(=O)c1ccccc1N1C(=O)[C@@H]2[C@H](Cc3c[nH]c4ccccc34)N[C@@]3(C(=O)Nc4c(Cl)cccc43)[C@@H]2C1=O. The molecule has 4 atom stereocenters. The van der Waals surface area contributed by atoms with Crippen LogP contribution in [0.3, 0.4) is 0 Å². The number of halogens is 1. The molecule has 3 amide bonds. The highest BCUT2D eigenvalue weighted by atomic mass is 35.5. The lowest BCUT2D eigenvalue weighted by atomic mass is 9.76. The van der Waals surface area contributed by atoms with E-state index in [1.165, 1.54) is 19.2 Å². The number of ether oxygens (including phenoxy) is 1. The number of rotatable bonds is 4. The van der Waals surface area contributed by atoms with Gasteiger partial charge in [-0.15, -0.1) is 0 Å². The molecule has 3 N–H and O–H groups in total. The number of fused-ring (bicyclic) bond motifs is 5. The van der Waals surface area contributed by atoms with Gasteiger partial charge in [0.15, 0.2) is 0 Å². The number of H-pyrrole nitrogens is 1. The average molecular weight is 555 g/mol. The highest BCUT2D eigenvalue weighted by molar-refractivity contribution is 6.35. The minimum Gasteiger partial charge on any atom is -0.465 e. The van der Waals surface area contributed by atoms with Crippen molar-refractivity contribution >= 4 is 57.6 Å². The number of benzene rings is 3. The Hall–Kier alpha value is -4.47. The monoisotopic (exact) mass is 554 g/mol. The van der Waals surface area contributed by atoms with Crippen LogP contribution in [-0.2, 0) is 31.1 Å². The summed E-state index contributed by atoms with van der Waals surface area (Å²) < 4.78 is 4.92. The quantitative estimate of drug-likeness (QED) is 0.261. The van der Waals surface area contributed by atoms with Crippen molar-refractivity contribution in [2.24, 2.45) is 11.8 Å². The highest BCUT2D eigenvalue weighted by Gasteiger charge is 2.71. The zero-order valence-electron chi connectivity index (χ0n) is 21.2. The Bertz CT molecular complexity index is 1770. The highest BCUT2D eigenvalue weighted by Crippen LogP contribution is 2.55. The molecule has 7 rings (SSSR count). The zero-order chi connectivity index (χ0) is 27.8. The number of methoxy groups -OCH3 is 1. The maximum absolute atomic E-state index is 14.3. The minimum absolute atomic E-state index is 0.0844. The van der Waals surface area contributed by atoms with Crippen LogP contribution in [0.4, 0.5) is 11.4 Å². The van der Waals surface area contributed by atoms with Gasteiger partial charge in [-0.1, -0.05) is 54.1 Å². The summed E-state index contributed by atoms with van der Waals surface area (Å²) in [5.41, 5.74) is 1.52. The summed E-state index contributed by atoms with van der Waals surface area (Å²) in [4.78, 5) is 59.3. The van der Waals surface area contributed by atoms with E-state index in [0.717, 1.165) is 21.4 Å². The molecule has 200 valence electrons. The number of hydrogen-bond acceptors (Lipinski definition) is 6. The molecule has 2 fully saturated rings. The van der Waals surface area contributed by atoms with Crippen LogP contribution in [0.1, 0.15) is 21.5 Å². The molecule has 1 aromatic heterocycles. The van der Waals surface area contributed by atoms with Gasteiger partial charge in [-0.25, -0.2) is 9.69 Å². The third kappa shape index (κ3) is 3.19. The van der Waals surface area contributed by atoms with Gasteiger partial charge in [-0.05, 0) is 36.2 Å². The van der Waals surface area contributed by atoms with Gasteiger partial charge in [0, 0.05) is 28.7 Å². The first-order valence-electron chi connectivity index (χ1n) is 12.8. The first-order valence-corrected chi connectivity index (χ1v) is 13.2. The predicted octanol–water partition coefficient (Wildman–Crippen LogP) is 3.78. The summed E-state index contributed by atoms with van der Waals surface area (Å²) >= 11 is 6.46. The molecule has 0 radical (unpaired) electrons. The lowest BCUT2D eigenvalue weighted by Gasteiger charge is -2.30. The van der Waals surface area contributed by atoms with E-state index in [2.05, 4.69) is 15.6 Å². The Balaban J connectivity index is 1.40. The van der Waals surface area contributed by atoms with E-state index in [1.807, 2.05) is 30.5 Å². The molecular weight excluding hydrogens is 532 g/mol. The zero-order valence-corrected chi connectivity index (χ0v) is 22.0. The number of hydrogen-bond donors (Lipinski definition) is 3. The number of aromatic nitrogens is 1. The van der Waals surface area contributed by atoms with Crippen LogP contribution < -0.4 is 15.5 Å². The van der Waals surface area contributed by atoms with Gasteiger partial charge in [0.1, 0.15) is 5.54 Å². The van der Waals surface area contributed by atoms with E-state index in [0.29, 0.717) is 22.7 Å². The molecule has 0 unspecified atom stereocenters. The van der Waals surface area contributed by atoms with Crippen LogP contribution in [0.15, 0.2) is 72.9 Å². The van der Waals surface area contributed by atoms with Crippen LogP contribution in [0, 0.1) is 11.8 Å². The Labute approximate surface area is 233 Å². The molecule has 9 nitrogen and oxygen atoms in total. The molecule has 3 aromatic carbocycles. The number of nitrogens with zero attached hydrogens (tertiary/aromatic N) is 1. The van der Waals surface area contributed by atoms with Crippen LogP contribution in [0.2, 0.25) is 5.02 Å². The van der Waals surface area contributed by atoms with Gasteiger partial charge >= 0.3 is 5.97 Å². The number of imide groups is 1. The second-order valence-corrected chi connectivity index (χ2v) is 10.7. The number of nitrogens with one attached hydrogen (secondary N) is 3. The Morgan fingerprint density at radius 3 is 2.60 bits per heavy atom. The number of esters is 1.